The number of carbonyl (C=O) groups excluding carboxylic acids is 2. The van der Waals surface area contributed by atoms with E-state index in [0.29, 0.717) is 23.3 Å². The van der Waals surface area contributed by atoms with E-state index < -0.39 is 5.60 Å². The number of ketones is 2. The second-order valence-electron chi connectivity index (χ2n) is 5.62. The number of aliphatic hydroxyl groups is 1. The Labute approximate surface area is 135 Å². The quantitative estimate of drug-likeness (QED) is 0.799. The Balaban J connectivity index is 2.16. The summed E-state index contributed by atoms with van der Waals surface area (Å²) in [6.45, 7) is 1.76. The maximum absolute atomic E-state index is 12.3. The Morgan fingerprint density at radius 3 is 2.04 bits per heavy atom. The summed E-state index contributed by atoms with van der Waals surface area (Å²) in [7, 11) is 1.52. The lowest BCUT2D eigenvalue weighted by molar-refractivity contribution is 0.0236. The Kier molecular flexibility index (Phi) is 5.42. The highest BCUT2D eigenvalue weighted by Gasteiger charge is 2.30. The van der Waals surface area contributed by atoms with Gasteiger partial charge in [0, 0.05) is 36.8 Å². The minimum atomic E-state index is -1.49. The average Bonchev–Trinajstić information content (AvgIpc) is 2.59. The van der Waals surface area contributed by atoms with Crippen LogP contribution in [0.4, 0.5) is 0 Å². The van der Waals surface area contributed by atoms with Crippen molar-refractivity contribution in [1.82, 2.24) is 0 Å². The molecule has 0 radical (unpaired) electrons. The zero-order valence-corrected chi connectivity index (χ0v) is 13.3. The van der Waals surface area contributed by atoms with Crippen molar-refractivity contribution in [1.29, 1.82) is 0 Å². The van der Waals surface area contributed by atoms with Gasteiger partial charge in [0.2, 0.25) is 0 Å². The number of hydrogen-bond acceptors (Lipinski definition) is 4. The van der Waals surface area contributed by atoms with Crippen LogP contribution >= 0.6 is 0 Å². The summed E-state index contributed by atoms with van der Waals surface area (Å²) < 4.78 is 4.91. The van der Waals surface area contributed by atoms with Crippen LogP contribution in [0, 0.1) is 0 Å². The average molecular weight is 312 g/mol. The van der Waals surface area contributed by atoms with Crippen molar-refractivity contribution in [2.24, 2.45) is 0 Å². The lowest BCUT2D eigenvalue weighted by atomic mass is 9.91. The zero-order valence-electron chi connectivity index (χ0n) is 13.3. The molecule has 0 saturated carbocycles. The number of methoxy groups -OCH3 is 1. The predicted molar refractivity (Wildman–Crippen MR) is 87.8 cm³/mol. The molecule has 120 valence electrons. The van der Waals surface area contributed by atoms with Gasteiger partial charge < -0.3 is 9.84 Å². The lowest BCUT2D eigenvalue weighted by Crippen LogP contribution is -2.36. The Morgan fingerprint density at radius 1 is 0.957 bits per heavy atom. The van der Waals surface area contributed by atoms with Crippen LogP contribution in [0.25, 0.3) is 0 Å². The van der Waals surface area contributed by atoms with E-state index in [2.05, 4.69) is 0 Å². The summed E-state index contributed by atoms with van der Waals surface area (Å²) in [4.78, 5) is 24.6. The van der Waals surface area contributed by atoms with Crippen molar-refractivity contribution in [3.8, 4) is 0 Å². The molecule has 0 saturated heterocycles. The molecule has 2 rings (SSSR count). The molecule has 1 unspecified atom stereocenters. The minimum absolute atomic E-state index is 0.101. The normalized spacial score (nSPS) is 13.3. The summed E-state index contributed by atoms with van der Waals surface area (Å²) in [5, 5.41) is 10.2. The summed E-state index contributed by atoms with van der Waals surface area (Å²) in [6.07, 6.45) is 0.215. The van der Waals surface area contributed by atoms with Crippen LogP contribution in [0.3, 0.4) is 0 Å². The van der Waals surface area contributed by atoms with Crippen LogP contribution in [0.2, 0.25) is 0 Å². The lowest BCUT2D eigenvalue weighted by Gasteiger charge is -2.21. The van der Waals surface area contributed by atoms with E-state index in [1.54, 1.807) is 48.5 Å². The summed E-state index contributed by atoms with van der Waals surface area (Å²) in [6, 6.07) is 15.3. The van der Waals surface area contributed by atoms with Crippen LogP contribution in [0.1, 0.15) is 39.6 Å². The topological polar surface area (TPSA) is 63.6 Å². The third kappa shape index (κ3) is 4.12. The highest BCUT2D eigenvalue weighted by Crippen LogP contribution is 2.19. The predicted octanol–water partition coefficient (Wildman–Crippen LogP) is 2.89. The maximum Gasteiger partial charge on any atom is 0.194 e. The van der Waals surface area contributed by atoms with E-state index in [0.717, 1.165) is 0 Å². The molecular formula is C19H20O4. The van der Waals surface area contributed by atoms with E-state index in [1.807, 2.05) is 6.07 Å². The van der Waals surface area contributed by atoms with Gasteiger partial charge in [-0.15, -0.1) is 0 Å². The molecule has 0 aromatic heterocycles. The van der Waals surface area contributed by atoms with E-state index in [4.69, 9.17) is 4.74 Å². The first-order valence-corrected chi connectivity index (χ1v) is 7.41. The minimum Gasteiger partial charge on any atom is -0.385 e. The van der Waals surface area contributed by atoms with E-state index in [1.165, 1.54) is 14.0 Å². The third-order valence-electron chi connectivity index (χ3n) is 3.73. The van der Waals surface area contributed by atoms with Crippen LogP contribution in [-0.2, 0) is 4.74 Å². The van der Waals surface area contributed by atoms with Crippen molar-refractivity contribution in [2.75, 3.05) is 13.7 Å². The van der Waals surface area contributed by atoms with Crippen molar-refractivity contribution in [3.63, 3.8) is 0 Å². The molecule has 0 spiro atoms. The molecule has 1 N–H and O–H groups in total. The van der Waals surface area contributed by atoms with Crippen LogP contribution < -0.4 is 0 Å². The van der Waals surface area contributed by atoms with Gasteiger partial charge in [0.25, 0.3) is 0 Å². The number of carbonyl (C=O) groups is 2. The molecule has 2 aromatic rings. The van der Waals surface area contributed by atoms with Crippen LogP contribution in [-0.4, -0.2) is 36.0 Å². The molecule has 0 amide bonds. The largest absolute Gasteiger partial charge is 0.385 e. The molecule has 0 aliphatic heterocycles. The number of Topliss-reactive ketones (excluding diaryl/α,β-unsaturated/α-hetero) is 1. The first kappa shape index (κ1) is 17.1. The fourth-order valence-corrected chi connectivity index (χ4v) is 2.25. The molecule has 4 heteroatoms. The van der Waals surface area contributed by atoms with Gasteiger partial charge in [-0.25, -0.2) is 0 Å². The molecular weight excluding hydrogens is 292 g/mol. The molecule has 0 aliphatic carbocycles. The molecule has 0 heterocycles. The monoisotopic (exact) mass is 312 g/mol. The number of ether oxygens (including phenoxy) is 1. The van der Waals surface area contributed by atoms with E-state index >= 15 is 0 Å². The highest BCUT2D eigenvalue weighted by atomic mass is 16.5. The second-order valence-corrected chi connectivity index (χ2v) is 5.62. The van der Waals surface area contributed by atoms with Crippen LogP contribution in [0.15, 0.2) is 54.6 Å². The molecule has 1 atom stereocenters. The molecule has 0 aliphatic rings. The van der Waals surface area contributed by atoms with Crippen LogP contribution in [0.5, 0.6) is 0 Å². The summed E-state index contributed by atoms with van der Waals surface area (Å²) in [5.41, 5.74) is -0.0142. The van der Waals surface area contributed by atoms with Gasteiger partial charge in [0.15, 0.2) is 11.6 Å². The molecule has 2 aromatic carbocycles. The SMILES string of the molecule is COCCC(C)(O)C(=O)c1ccc(C(=O)c2ccccc2)cc1. The van der Waals surface area contributed by atoms with Gasteiger partial charge in [-0.2, -0.15) is 0 Å². The number of benzene rings is 2. The van der Waals surface area contributed by atoms with Gasteiger partial charge in [-0.3, -0.25) is 9.59 Å². The van der Waals surface area contributed by atoms with Crippen molar-refractivity contribution >= 4 is 11.6 Å². The first-order chi connectivity index (χ1) is 11.0. The van der Waals surface area contributed by atoms with Gasteiger partial charge in [-0.05, 0) is 6.92 Å². The molecule has 0 bridgehead atoms. The van der Waals surface area contributed by atoms with Crippen molar-refractivity contribution in [3.05, 3.63) is 71.3 Å². The first-order valence-electron chi connectivity index (χ1n) is 7.41. The zero-order chi connectivity index (χ0) is 16.9. The maximum atomic E-state index is 12.3. The molecule has 0 fully saturated rings. The van der Waals surface area contributed by atoms with E-state index in [9.17, 15) is 14.7 Å². The van der Waals surface area contributed by atoms with E-state index in [-0.39, 0.29) is 18.0 Å². The second kappa shape index (κ2) is 7.31. The fraction of sp³-hybridized carbons (Fsp3) is 0.263. The van der Waals surface area contributed by atoms with Gasteiger partial charge in [-0.1, -0.05) is 54.6 Å². The summed E-state index contributed by atoms with van der Waals surface area (Å²) >= 11 is 0. The van der Waals surface area contributed by atoms with Gasteiger partial charge in [0.05, 0.1) is 0 Å². The number of hydrogen-bond donors (Lipinski definition) is 1. The van der Waals surface area contributed by atoms with Crippen molar-refractivity contribution < 1.29 is 19.4 Å². The standard InChI is InChI=1S/C19H20O4/c1-19(22,12-13-23-2)18(21)16-10-8-15(9-11-16)17(20)14-6-4-3-5-7-14/h3-11,22H,12-13H2,1-2H3. The molecule has 23 heavy (non-hydrogen) atoms. The smallest absolute Gasteiger partial charge is 0.194 e. The number of rotatable bonds is 7. The van der Waals surface area contributed by atoms with Gasteiger partial charge >= 0.3 is 0 Å². The fourth-order valence-electron chi connectivity index (χ4n) is 2.25. The van der Waals surface area contributed by atoms with Gasteiger partial charge in [0.1, 0.15) is 5.60 Å². The Bertz CT molecular complexity index is 672. The summed E-state index contributed by atoms with van der Waals surface area (Å²) in [5.74, 6) is -0.482. The third-order valence-corrected chi connectivity index (χ3v) is 3.73. The van der Waals surface area contributed by atoms with Crippen molar-refractivity contribution in [2.45, 2.75) is 18.9 Å². The molecule has 4 nitrogen and oxygen atoms in total. The highest BCUT2D eigenvalue weighted by molar-refractivity contribution is 6.09. The Hall–Kier alpha value is -2.30. The Morgan fingerprint density at radius 2 is 1.48 bits per heavy atom.